The molecule has 0 atom stereocenters. The van der Waals surface area contributed by atoms with Gasteiger partial charge in [-0.25, -0.2) is 9.78 Å². The van der Waals surface area contributed by atoms with E-state index in [0.717, 1.165) is 5.69 Å². The van der Waals surface area contributed by atoms with Gasteiger partial charge in [0, 0.05) is 24.3 Å². The molecule has 0 aliphatic heterocycles. The third-order valence-electron chi connectivity index (χ3n) is 3.09. The Bertz CT molecular complexity index is 727. The van der Waals surface area contributed by atoms with Crippen LogP contribution in [0.1, 0.15) is 20.8 Å². The van der Waals surface area contributed by atoms with E-state index < -0.39 is 6.09 Å². The summed E-state index contributed by atoms with van der Waals surface area (Å²) in [6, 6.07) is 12.6. The molecule has 0 saturated carbocycles. The van der Waals surface area contributed by atoms with Gasteiger partial charge in [0.25, 0.3) is 0 Å². The van der Waals surface area contributed by atoms with Crippen molar-refractivity contribution in [3.05, 3.63) is 48.7 Å². The summed E-state index contributed by atoms with van der Waals surface area (Å²) in [5.41, 5.74) is 1.32. The van der Waals surface area contributed by atoms with Crippen molar-refractivity contribution in [3.8, 4) is 5.88 Å². The largest absolute Gasteiger partial charge is 0.420 e. The Kier molecular flexibility index (Phi) is 5.93. The van der Waals surface area contributed by atoms with E-state index in [1.807, 2.05) is 51.1 Å². The summed E-state index contributed by atoms with van der Waals surface area (Å²) in [6.45, 7) is 6.06. The van der Waals surface area contributed by atoms with Gasteiger partial charge in [-0.15, -0.1) is 0 Å². The van der Waals surface area contributed by atoms with Crippen molar-refractivity contribution >= 4 is 34.8 Å². The molecule has 25 heavy (non-hydrogen) atoms. The second-order valence-electron chi connectivity index (χ2n) is 6.48. The number of aromatic nitrogens is 1. The lowest BCUT2D eigenvalue weighted by Gasteiger charge is -2.23. The van der Waals surface area contributed by atoms with E-state index in [4.69, 9.17) is 17.0 Å². The number of ether oxygens (including phenoxy) is 1. The molecule has 7 heteroatoms. The first kappa shape index (κ1) is 18.7. The van der Waals surface area contributed by atoms with Crippen LogP contribution < -0.4 is 20.3 Å². The zero-order chi connectivity index (χ0) is 18.4. The van der Waals surface area contributed by atoms with Gasteiger partial charge in [0.1, 0.15) is 0 Å². The summed E-state index contributed by atoms with van der Waals surface area (Å²) >= 11 is 5.23. The van der Waals surface area contributed by atoms with Crippen LogP contribution >= 0.6 is 12.2 Å². The lowest BCUT2D eigenvalue weighted by molar-refractivity contribution is 0.207. The Hall–Kier alpha value is -2.67. The average Bonchev–Trinajstić information content (AvgIpc) is 2.55. The van der Waals surface area contributed by atoms with Crippen molar-refractivity contribution in [2.24, 2.45) is 0 Å². The molecular weight excluding hydrogens is 336 g/mol. The maximum absolute atomic E-state index is 12.1. The summed E-state index contributed by atoms with van der Waals surface area (Å²) in [4.78, 5) is 17.7. The molecule has 0 aliphatic carbocycles. The van der Waals surface area contributed by atoms with Gasteiger partial charge in [-0.05, 0) is 51.2 Å². The van der Waals surface area contributed by atoms with E-state index in [2.05, 4.69) is 15.6 Å². The maximum Gasteiger partial charge on any atom is 0.420 e. The molecule has 0 unspecified atom stereocenters. The molecule has 2 N–H and O–H groups in total. The lowest BCUT2D eigenvalue weighted by atomic mass is 10.1. The number of hydrogen-bond donors (Lipinski definition) is 2. The van der Waals surface area contributed by atoms with Crippen molar-refractivity contribution in [2.75, 3.05) is 17.3 Å². The van der Waals surface area contributed by atoms with Crippen LogP contribution in [0.5, 0.6) is 5.88 Å². The number of carbonyl (C=O) groups is 1. The third-order valence-corrected chi connectivity index (χ3v) is 3.30. The number of rotatable bonds is 3. The standard InChI is InChI=1S/C18H22N4O2S/c1-18(2,3)21-16(25)20-13-10-11-15(19-12-13)24-17(23)22(4)14-8-6-5-7-9-14/h5-12H,1-4H3,(H2,20,21,25). The van der Waals surface area contributed by atoms with E-state index in [0.29, 0.717) is 10.8 Å². The summed E-state index contributed by atoms with van der Waals surface area (Å²) in [6.07, 6.45) is 1.05. The molecule has 1 amide bonds. The summed E-state index contributed by atoms with van der Waals surface area (Å²) in [5.74, 6) is 0.216. The molecule has 0 fully saturated rings. The zero-order valence-corrected chi connectivity index (χ0v) is 15.6. The normalized spacial score (nSPS) is 10.7. The Morgan fingerprint density at radius 3 is 2.40 bits per heavy atom. The SMILES string of the molecule is CN(C(=O)Oc1ccc(NC(=S)NC(C)(C)C)cn1)c1ccccc1. The van der Waals surface area contributed by atoms with Crippen molar-refractivity contribution < 1.29 is 9.53 Å². The molecule has 1 aromatic carbocycles. The highest BCUT2D eigenvalue weighted by molar-refractivity contribution is 7.80. The Labute approximate surface area is 153 Å². The predicted octanol–water partition coefficient (Wildman–Crippen LogP) is 3.80. The highest BCUT2D eigenvalue weighted by Crippen LogP contribution is 2.16. The van der Waals surface area contributed by atoms with Gasteiger partial charge in [0.2, 0.25) is 5.88 Å². The monoisotopic (exact) mass is 358 g/mol. The van der Waals surface area contributed by atoms with E-state index in [1.54, 1.807) is 25.4 Å². The van der Waals surface area contributed by atoms with Crippen LogP contribution in [0.2, 0.25) is 0 Å². The van der Waals surface area contributed by atoms with Gasteiger partial charge in [-0.1, -0.05) is 18.2 Å². The third kappa shape index (κ3) is 6.04. The number of anilines is 2. The number of nitrogens with one attached hydrogen (secondary N) is 2. The zero-order valence-electron chi connectivity index (χ0n) is 14.7. The summed E-state index contributed by atoms with van der Waals surface area (Å²) in [7, 11) is 1.64. The average molecular weight is 358 g/mol. The highest BCUT2D eigenvalue weighted by atomic mass is 32.1. The summed E-state index contributed by atoms with van der Waals surface area (Å²) < 4.78 is 5.27. The fourth-order valence-electron chi connectivity index (χ4n) is 1.93. The van der Waals surface area contributed by atoms with E-state index in [-0.39, 0.29) is 11.4 Å². The van der Waals surface area contributed by atoms with E-state index in [9.17, 15) is 4.79 Å². The maximum atomic E-state index is 12.1. The van der Waals surface area contributed by atoms with E-state index >= 15 is 0 Å². The molecule has 6 nitrogen and oxygen atoms in total. The van der Waals surface area contributed by atoms with Crippen LogP contribution in [0.25, 0.3) is 0 Å². The molecule has 0 bridgehead atoms. The minimum absolute atomic E-state index is 0.130. The first-order valence-corrected chi connectivity index (χ1v) is 8.21. The Morgan fingerprint density at radius 1 is 1.16 bits per heavy atom. The number of pyridine rings is 1. The van der Waals surface area contributed by atoms with Crippen molar-refractivity contribution in [2.45, 2.75) is 26.3 Å². The molecule has 0 saturated heterocycles. The van der Waals surface area contributed by atoms with Crippen molar-refractivity contribution in [1.29, 1.82) is 0 Å². The number of hydrogen-bond acceptors (Lipinski definition) is 4. The number of para-hydroxylation sites is 1. The minimum atomic E-state index is -0.510. The first-order chi connectivity index (χ1) is 11.7. The number of amides is 1. The van der Waals surface area contributed by atoms with Crippen LogP contribution in [-0.2, 0) is 0 Å². The van der Waals surface area contributed by atoms with Gasteiger partial charge >= 0.3 is 6.09 Å². The Balaban J connectivity index is 1.94. The number of carbonyl (C=O) groups excluding carboxylic acids is 1. The number of nitrogens with zero attached hydrogens (tertiary/aromatic N) is 2. The van der Waals surface area contributed by atoms with Gasteiger partial charge in [-0.2, -0.15) is 0 Å². The topological polar surface area (TPSA) is 66.5 Å². The van der Waals surface area contributed by atoms with Crippen LogP contribution in [-0.4, -0.2) is 28.8 Å². The molecule has 1 heterocycles. The molecule has 0 spiro atoms. The second kappa shape index (κ2) is 7.94. The van der Waals surface area contributed by atoms with Crippen LogP contribution in [0.15, 0.2) is 48.7 Å². The number of benzene rings is 1. The van der Waals surface area contributed by atoms with Crippen LogP contribution in [0.3, 0.4) is 0 Å². The van der Waals surface area contributed by atoms with Crippen LogP contribution in [0, 0.1) is 0 Å². The van der Waals surface area contributed by atoms with Gasteiger partial charge < -0.3 is 15.4 Å². The molecule has 2 aromatic rings. The smallest absolute Gasteiger partial charge is 0.391 e. The molecule has 0 aliphatic rings. The molecule has 2 rings (SSSR count). The molecule has 132 valence electrons. The first-order valence-electron chi connectivity index (χ1n) is 7.80. The quantitative estimate of drug-likeness (QED) is 0.814. The van der Waals surface area contributed by atoms with Gasteiger partial charge in [0.15, 0.2) is 5.11 Å². The lowest BCUT2D eigenvalue weighted by Crippen LogP contribution is -2.42. The minimum Gasteiger partial charge on any atom is -0.391 e. The van der Waals surface area contributed by atoms with Gasteiger partial charge in [0.05, 0.1) is 11.9 Å². The predicted molar refractivity (Wildman–Crippen MR) is 104 cm³/mol. The molecule has 1 aromatic heterocycles. The van der Waals surface area contributed by atoms with E-state index in [1.165, 1.54) is 4.90 Å². The van der Waals surface area contributed by atoms with Gasteiger partial charge in [-0.3, -0.25) is 4.90 Å². The number of thiocarbonyl (C=S) groups is 1. The molecule has 0 radical (unpaired) electrons. The van der Waals surface area contributed by atoms with Crippen molar-refractivity contribution in [3.63, 3.8) is 0 Å². The second-order valence-corrected chi connectivity index (χ2v) is 6.89. The van der Waals surface area contributed by atoms with Crippen molar-refractivity contribution in [1.82, 2.24) is 10.3 Å². The van der Waals surface area contributed by atoms with Crippen LogP contribution in [0.4, 0.5) is 16.2 Å². The molecular formula is C18H22N4O2S. The fraction of sp³-hybridized carbons (Fsp3) is 0.278. The summed E-state index contributed by atoms with van der Waals surface area (Å²) in [5, 5.41) is 6.69. The highest BCUT2D eigenvalue weighted by Gasteiger charge is 2.14. The fourth-order valence-corrected chi connectivity index (χ4v) is 2.36. The Morgan fingerprint density at radius 2 is 1.84 bits per heavy atom.